The molecule has 1 atom stereocenters. The molecule has 0 radical (unpaired) electrons. The summed E-state index contributed by atoms with van der Waals surface area (Å²) in [6.07, 6.45) is 2.64. The number of pyridine rings is 1. The van der Waals surface area contributed by atoms with Gasteiger partial charge in [0.05, 0.1) is 26.9 Å². The third-order valence-corrected chi connectivity index (χ3v) is 7.58. The van der Waals surface area contributed by atoms with Gasteiger partial charge in [-0.05, 0) is 54.8 Å². The Hall–Kier alpha value is -3.84. The van der Waals surface area contributed by atoms with E-state index in [0.717, 1.165) is 5.56 Å². The van der Waals surface area contributed by atoms with Gasteiger partial charge in [0.15, 0.2) is 0 Å². The number of alkyl halides is 2. The monoisotopic (exact) mass is 523 g/mol. The van der Waals surface area contributed by atoms with Crippen molar-refractivity contribution in [3.63, 3.8) is 0 Å². The number of hydrogen-bond acceptors (Lipinski definition) is 6. The molecule has 37 heavy (non-hydrogen) atoms. The molecule has 0 spiro atoms. The number of nitrogens with one attached hydrogen (secondary N) is 2. The Kier molecular flexibility index (Phi) is 7.28. The van der Waals surface area contributed by atoms with Gasteiger partial charge in [0, 0.05) is 54.5 Å². The zero-order chi connectivity index (χ0) is 26.8. The number of nitrogens with zero attached hydrogens (tertiary/aromatic N) is 3. The largest absolute Gasteiger partial charge is 0.356 e. The summed E-state index contributed by atoms with van der Waals surface area (Å²) in [5, 5.41) is 11.9. The molecule has 1 fully saturated rings. The molecule has 1 saturated heterocycles. The van der Waals surface area contributed by atoms with Gasteiger partial charge in [0.2, 0.25) is 5.92 Å². The topological polar surface area (TPSA) is 110 Å². The molecule has 192 valence electrons. The Balaban J connectivity index is 1.78. The lowest BCUT2D eigenvalue weighted by Gasteiger charge is -2.26. The quantitative estimate of drug-likeness (QED) is 0.436. The van der Waals surface area contributed by atoms with E-state index in [4.69, 9.17) is 10.0 Å². The molecule has 2 N–H and O–H groups in total. The van der Waals surface area contributed by atoms with Crippen molar-refractivity contribution < 1.29 is 17.8 Å². The molecular weight excluding hydrogens is 496 g/mol. The fourth-order valence-electron chi connectivity index (χ4n) is 4.40. The second kappa shape index (κ2) is 10.3. The van der Waals surface area contributed by atoms with E-state index in [1.165, 1.54) is 12.3 Å². The highest BCUT2D eigenvalue weighted by atomic mass is 32.2. The number of carbonyl (C=O) groups excluding carboxylic acids is 1. The number of anilines is 2. The summed E-state index contributed by atoms with van der Waals surface area (Å²) in [5.74, 6) is -2.93. The van der Waals surface area contributed by atoms with Gasteiger partial charge in [-0.2, -0.15) is 5.26 Å². The van der Waals surface area contributed by atoms with Crippen molar-refractivity contribution in [2.75, 3.05) is 29.6 Å². The summed E-state index contributed by atoms with van der Waals surface area (Å²) < 4.78 is 48.2. The van der Waals surface area contributed by atoms with Crippen LogP contribution in [0, 0.1) is 23.0 Å². The molecule has 4 rings (SSSR count). The van der Waals surface area contributed by atoms with Crippen LogP contribution >= 0.6 is 0 Å². The van der Waals surface area contributed by atoms with Crippen molar-refractivity contribution in [1.29, 1.82) is 10.0 Å². The van der Waals surface area contributed by atoms with Gasteiger partial charge in [0.25, 0.3) is 5.91 Å². The lowest BCUT2D eigenvalue weighted by molar-refractivity contribution is -0.0102. The van der Waals surface area contributed by atoms with Crippen LogP contribution in [0.3, 0.4) is 0 Å². The number of nitriles is 1. The molecule has 0 saturated carbocycles. The van der Waals surface area contributed by atoms with Crippen LogP contribution in [0.4, 0.5) is 20.3 Å². The van der Waals surface area contributed by atoms with Crippen molar-refractivity contribution in [2.24, 2.45) is 0 Å². The second-order valence-electron chi connectivity index (χ2n) is 9.21. The third kappa shape index (κ3) is 5.94. The number of hydrogen-bond donors (Lipinski definition) is 2. The first-order valence-corrected chi connectivity index (χ1v) is 13.7. The van der Waals surface area contributed by atoms with E-state index in [0.29, 0.717) is 34.7 Å². The molecule has 0 unspecified atom stereocenters. The Bertz CT molecular complexity index is 1480. The number of benzene rings is 2. The van der Waals surface area contributed by atoms with Crippen LogP contribution in [0.5, 0.6) is 0 Å². The van der Waals surface area contributed by atoms with Gasteiger partial charge < -0.3 is 10.2 Å². The van der Waals surface area contributed by atoms with E-state index < -0.39 is 21.6 Å². The average molecular weight is 524 g/mol. The maximum atomic E-state index is 14.1. The summed E-state index contributed by atoms with van der Waals surface area (Å²) in [4.78, 5) is 20.2. The van der Waals surface area contributed by atoms with Crippen molar-refractivity contribution in [1.82, 2.24) is 4.98 Å². The van der Waals surface area contributed by atoms with E-state index in [1.807, 2.05) is 0 Å². The summed E-state index contributed by atoms with van der Waals surface area (Å²) in [6, 6.07) is 15.3. The van der Waals surface area contributed by atoms with Crippen molar-refractivity contribution in [3.8, 4) is 17.2 Å². The molecule has 10 heteroatoms. The lowest BCUT2D eigenvalue weighted by atomic mass is 9.97. The van der Waals surface area contributed by atoms with Gasteiger partial charge in [-0.25, -0.2) is 22.8 Å². The molecule has 0 bridgehead atoms. The van der Waals surface area contributed by atoms with Crippen LogP contribution in [0.15, 0.2) is 59.6 Å². The van der Waals surface area contributed by atoms with Gasteiger partial charge in [-0.1, -0.05) is 18.2 Å². The van der Waals surface area contributed by atoms with Gasteiger partial charge in [-0.15, -0.1) is 0 Å². The minimum Gasteiger partial charge on any atom is -0.356 e. The number of amides is 1. The van der Waals surface area contributed by atoms with Gasteiger partial charge in [-0.3, -0.25) is 4.79 Å². The maximum absolute atomic E-state index is 14.1. The van der Waals surface area contributed by atoms with Crippen LogP contribution in [0.2, 0.25) is 0 Å². The number of aromatic nitrogens is 1. The van der Waals surface area contributed by atoms with E-state index in [9.17, 15) is 17.8 Å². The van der Waals surface area contributed by atoms with Crippen LogP contribution in [-0.2, 0) is 9.73 Å². The second-order valence-corrected chi connectivity index (χ2v) is 11.4. The molecule has 0 aliphatic carbocycles. The fraction of sp³-hybridized carbons (Fsp3) is 0.296. The SMILES string of the molecule is Cc1c(-c2ccc(C#N)cc2)cnc(N2CCCC(F)(F)CC2)c1C(=O)Nc1cccc([S@](C)(=N)=O)c1. The van der Waals surface area contributed by atoms with Crippen LogP contribution < -0.4 is 10.2 Å². The molecular formula is C27H27F2N5O2S. The molecule has 2 aromatic carbocycles. The Labute approximate surface area is 215 Å². The molecule has 7 nitrogen and oxygen atoms in total. The first-order chi connectivity index (χ1) is 17.5. The van der Waals surface area contributed by atoms with Crippen molar-refractivity contribution >= 4 is 27.1 Å². The zero-order valence-electron chi connectivity index (χ0n) is 20.6. The average Bonchev–Trinajstić information content (AvgIpc) is 3.03. The summed E-state index contributed by atoms with van der Waals surface area (Å²) in [5.41, 5.74) is 3.15. The summed E-state index contributed by atoms with van der Waals surface area (Å²) >= 11 is 0. The van der Waals surface area contributed by atoms with Gasteiger partial charge >= 0.3 is 0 Å². The minimum absolute atomic E-state index is 0.0577. The molecule has 1 amide bonds. The maximum Gasteiger partial charge on any atom is 0.259 e. The summed E-state index contributed by atoms with van der Waals surface area (Å²) in [7, 11) is -2.99. The first kappa shape index (κ1) is 26.2. The Morgan fingerprint density at radius 3 is 2.59 bits per heavy atom. The standard InChI is InChI=1S/C27H27F2N5O2S/c1-18-23(20-9-7-19(16-30)8-10-20)17-32-25(34-13-4-11-27(28,29)12-14-34)24(18)26(35)33-21-5-3-6-22(15-21)37(2,31)36/h3,5-10,15,17,31H,4,11-14H2,1-2H3,(H,33,35)/t37-/m1/s1. The number of carbonyl (C=O) groups is 1. The van der Waals surface area contributed by atoms with E-state index in [1.54, 1.807) is 60.5 Å². The minimum atomic E-state index is -2.99. The normalized spacial score (nSPS) is 16.8. The predicted octanol–water partition coefficient (Wildman–Crippen LogP) is 5.84. The van der Waals surface area contributed by atoms with Crippen LogP contribution in [0.25, 0.3) is 11.1 Å². The smallest absolute Gasteiger partial charge is 0.259 e. The fourth-order valence-corrected chi connectivity index (χ4v) is 5.09. The molecule has 3 aromatic rings. The highest BCUT2D eigenvalue weighted by molar-refractivity contribution is 7.91. The number of rotatable bonds is 5. The molecule has 2 heterocycles. The molecule has 1 aliphatic rings. The van der Waals surface area contributed by atoms with Crippen molar-refractivity contribution in [2.45, 2.75) is 37.0 Å². The van der Waals surface area contributed by atoms with Gasteiger partial charge in [0.1, 0.15) is 5.82 Å². The Morgan fingerprint density at radius 1 is 1.19 bits per heavy atom. The van der Waals surface area contributed by atoms with Crippen LogP contribution in [0.1, 0.15) is 40.7 Å². The predicted molar refractivity (Wildman–Crippen MR) is 140 cm³/mol. The van der Waals surface area contributed by atoms with Crippen molar-refractivity contribution in [3.05, 3.63) is 71.4 Å². The molecule has 1 aromatic heterocycles. The van der Waals surface area contributed by atoms with Crippen LogP contribution in [-0.4, -0.2) is 40.4 Å². The lowest BCUT2D eigenvalue weighted by Crippen LogP contribution is -2.30. The first-order valence-electron chi connectivity index (χ1n) is 11.8. The summed E-state index contributed by atoms with van der Waals surface area (Å²) in [6.45, 7) is 2.17. The highest BCUT2D eigenvalue weighted by Gasteiger charge is 2.33. The zero-order valence-corrected chi connectivity index (χ0v) is 21.4. The van der Waals surface area contributed by atoms with E-state index in [2.05, 4.69) is 16.4 Å². The highest BCUT2D eigenvalue weighted by Crippen LogP contribution is 2.35. The number of halogens is 2. The van der Waals surface area contributed by atoms with E-state index >= 15 is 0 Å². The Morgan fingerprint density at radius 2 is 1.92 bits per heavy atom. The molecule has 1 aliphatic heterocycles. The third-order valence-electron chi connectivity index (χ3n) is 6.43. The van der Waals surface area contributed by atoms with E-state index in [-0.39, 0.29) is 36.3 Å².